The van der Waals surface area contributed by atoms with E-state index in [1.807, 2.05) is 13.8 Å². The molecule has 0 spiro atoms. The van der Waals surface area contributed by atoms with Crippen LogP contribution in [-0.2, 0) is 4.79 Å². The number of hydrogen-bond acceptors (Lipinski definition) is 2. The van der Waals surface area contributed by atoms with Gasteiger partial charge in [0.2, 0.25) is 0 Å². The zero-order valence-electron chi connectivity index (χ0n) is 7.84. The predicted molar refractivity (Wildman–Crippen MR) is 52.1 cm³/mol. The van der Waals surface area contributed by atoms with Crippen molar-refractivity contribution < 1.29 is 4.79 Å². The summed E-state index contributed by atoms with van der Waals surface area (Å²) in [5, 5.41) is 3.12. The lowest BCUT2D eigenvalue weighted by Gasteiger charge is -2.06. The van der Waals surface area contributed by atoms with Crippen LogP contribution in [0.4, 0.5) is 0 Å². The molecule has 1 N–H and O–H groups in total. The molecule has 0 fully saturated rings. The van der Waals surface area contributed by atoms with Crippen LogP contribution < -0.4 is 5.32 Å². The molecule has 2 nitrogen and oxygen atoms in total. The van der Waals surface area contributed by atoms with Crippen LogP contribution in [0.1, 0.15) is 13.8 Å². The van der Waals surface area contributed by atoms with Gasteiger partial charge in [-0.25, -0.2) is 0 Å². The molecular weight excluding hydrogens is 150 g/mol. The number of carbonyl (C=O) groups is 1. The van der Waals surface area contributed by atoms with Crippen molar-refractivity contribution in [1.82, 2.24) is 5.32 Å². The second-order valence-corrected chi connectivity index (χ2v) is 2.71. The zero-order chi connectivity index (χ0) is 9.40. The summed E-state index contributed by atoms with van der Waals surface area (Å²) in [7, 11) is 0. The summed E-state index contributed by atoms with van der Waals surface area (Å²) in [6.07, 6.45) is 4.84. The number of allylic oxidation sites excluding steroid dienone is 3. The minimum absolute atomic E-state index is 0.0566. The predicted octanol–water partition coefficient (Wildman–Crippen LogP) is 1.54. The summed E-state index contributed by atoms with van der Waals surface area (Å²) in [4.78, 5) is 11.2. The monoisotopic (exact) mass is 167 g/mol. The van der Waals surface area contributed by atoms with E-state index >= 15 is 0 Å². The van der Waals surface area contributed by atoms with Gasteiger partial charge in [-0.15, -0.1) is 0 Å². The van der Waals surface area contributed by atoms with E-state index in [1.54, 1.807) is 18.2 Å². The van der Waals surface area contributed by atoms with Crippen LogP contribution in [0.2, 0.25) is 0 Å². The number of ketones is 1. The van der Waals surface area contributed by atoms with Crippen LogP contribution in [0.25, 0.3) is 0 Å². The van der Waals surface area contributed by atoms with Gasteiger partial charge in [0.25, 0.3) is 0 Å². The van der Waals surface area contributed by atoms with Crippen molar-refractivity contribution in [2.75, 3.05) is 13.1 Å². The van der Waals surface area contributed by atoms with Gasteiger partial charge in [0.05, 0.1) is 0 Å². The molecule has 0 saturated heterocycles. The van der Waals surface area contributed by atoms with Crippen molar-refractivity contribution in [1.29, 1.82) is 0 Å². The lowest BCUT2D eigenvalue weighted by molar-refractivity contribution is -0.117. The first kappa shape index (κ1) is 11.1. The minimum Gasteiger partial charge on any atom is -0.316 e. The van der Waals surface area contributed by atoms with Crippen molar-refractivity contribution in [2.24, 2.45) is 5.92 Å². The molecule has 0 radical (unpaired) electrons. The van der Waals surface area contributed by atoms with Crippen LogP contribution in [0.15, 0.2) is 24.8 Å². The largest absolute Gasteiger partial charge is 0.316 e. The Morgan fingerprint density at radius 1 is 1.67 bits per heavy atom. The zero-order valence-corrected chi connectivity index (χ0v) is 7.84. The number of nitrogens with one attached hydrogen (secondary N) is 1. The van der Waals surface area contributed by atoms with Gasteiger partial charge in [0.1, 0.15) is 0 Å². The first-order valence-corrected chi connectivity index (χ1v) is 4.26. The highest BCUT2D eigenvalue weighted by molar-refractivity contribution is 5.91. The van der Waals surface area contributed by atoms with Crippen molar-refractivity contribution in [2.45, 2.75) is 13.8 Å². The number of hydrogen-bond donors (Lipinski definition) is 1. The molecule has 0 aromatic carbocycles. The highest BCUT2D eigenvalue weighted by atomic mass is 16.1. The lowest BCUT2D eigenvalue weighted by Crippen LogP contribution is -2.25. The fraction of sp³-hybridized carbons (Fsp3) is 0.500. The highest BCUT2D eigenvalue weighted by Crippen LogP contribution is 1.96. The normalized spacial score (nSPS) is 13.2. The Morgan fingerprint density at radius 2 is 2.33 bits per heavy atom. The summed E-state index contributed by atoms with van der Waals surface area (Å²) < 4.78 is 0. The second-order valence-electron chi connectivity index (χ2n) is 2.71. The summed E-state index contributed by atoms with van der Waals surface area (Å²) in [6.45, 7) is 9.09. The van der Waals surface area contributed by atoms with Gasteiger partial charge in [0.15, 0.2) is 5.78 Å². The maximum Gasteiger partial charge on any atom is 0.159 e. The first-order chi connectivity index (χ1) is 5.72. The Labute approximate surface area is 74.4 Å². The van der Waals surface area contributed by atoms with Crippen LogP contribution in [0.5, 0.6) is 0 Å². The maximum atomic E-state index is 11.2. The number of rotatable bonds is 6. The SMILES string of the molecule is C=C/C=C\C(=O)C(C)CNCC. The molecule has 2 heteroatoms. The summed E-state index contributed by atoms with van der Waals surface area (Å²) in [6, 6.07) is 0. The van der Waals surface area contributed by atoms with E-state index in [9.17, 15) is 4.79 Å². The van der Waals surface area contributed by atoms with E-state index in [-0.39, 0.29) is 11.7 Å². The smallest absolute Gasteiger partial charge is 0.159 e. The standard InChI is InChI=1S/C10H17NO/c1-4-6-7-10(12)9(3)8-11-5-2/h4,6-7,9,11H,1,5,8H2,2-3H3/b7-6-. The average Bonchev–Trinajstić information content (AvgIpc) is 2.10. The summed E-state index contributed by atoms with van der Waals surface area (Å²) >= 11 is 0. The van der Waals surface area contributed by atoms with Crippen molar-refractivity contribution in [3.8, 4) is 0 Å². The van der Waals surface area contributed by atoms with Gasteiger partial charge in [0, 0.05) is 12.5 Å². The Balaban J connectivity index is 3.76. The Bertz CT molecular complexity index is 173. The first-order valence-electron chi connectivity index (χ1n) is 4.26. The minimum atomic E-state index is 0.0566. The van der Waals surface area contributed by atoms with Gasteiger partial charge in [-0.2, -0.15) is 0 Å². The van der Waals surface area contributed by atoms with E-state index in [0.717, 1.165) is 13.1 Å². The van der Waals surface area contributed by atoms with E-state index in [4.69, 9.17) is 0 Å². The van der Waals surface area contributed by atoms with E-state index in [1.165, 1.54) is 0 Å². The molecule has 1 unspecified atom stereocenters. The fourth-order valence-corrected chi connectivity index (χ4v) is 0.789. The summed E-state index contributed by atoms with van der Waals surface area (Å²) in [5.74, 6) is 0.206. The molecule has 0 amide bonds. The molecule has 0 bridgehead atoms. The van der Waals surface area contributed by atoms with Crippen LogP contribution in [0, 0.1) is 5.92 Å². The molecule has 0 heterocycles. The average molecular weight is 167 g/mol. The molecule has 0 saturated carbocycles. The maximum absolute atomic E-state index is 11.2. The topological polar surface area (TPSA) is 29.1 Å². The fourth-order valence-electron chi connectivity index (χ4n) is 0.789. The molecule has 0 aromatic heterocycles. The lowest BCUT2D eigenvalue weighted by atomic mass is 10.1. The molecule has 1 atom stereocenters. The number of carbonyl (C=O) groups excluding carboxylic acids is 1. The van der Waals surface area contributed by atoms with Crippen molar-refractivity contribution >= 4 is 5.78 Å². The molecule has 0 aliphatic rings. The third-order valence-electron chi connectivity index (χ3n) is 1.58. The van der Waals surface area contributed by atoms with Crippen LogP contribution in [-0.4, -0.2) is 18.9 Å². The molecular formula is C10H17NO. The van der Waals surface area contributed by atoms with Crippen LogP contribution in [0.3, 0.4) is 0 Å². The third-order valence-corrected chi connectivity index (χ3v) is 1.58. The van der Waals surface area contributed by atoms with E-state index in [2.05, 4.69) is 11.9 Å². The van der Waals surface area contributed by atoms with Crippen LogP contribution >= 0.6 is 0 Å². The van der Waals surface area contributed by atoms with Gasteiger partial charge < -0.3 is 5.32 Å². The van der Waals surface area contributed by atoms with E-state index < -0.39 is 0 Å². The third kappa shape index (κ3) is 4.85. The van der Waals surface area contributed by atoms with E-state index in [0.29, 0.717) is 0 Å². The van der Waals surface area contributed by atoms with Gasteiger partial charge in [-0.05, 0) is 12.6 Å². The Hall–Kier alpha value is -0.890. The van der Waals surface area contributed by atoms with Crippen molar-refractivity contribution in [3.05, 3.63) is 24.8 Å². The Kier molecular flexibility index (Phi) is 6.29. The second kappa shape index (κ2) is 6.80. The molecule has 12 heavy (non-hydrogen) atoms. The molecule has 0 aromatic rings. The highest BCUT2D eigenvalue weighted by Gasteiger charge is 2.07. The molecule has 0 aliphatic carbocycles. The van der Waals surface area contributed by atoms with Crippen molar-refractivity contribution in [3.63, 3.8) is 0 Å². The summed E-state index contributed by atoms with van der Waals surface area (Å²) in [5.41, 5.74) is 0. The molecule has 0 rings (SSSR count). The molecule has 0 aliphatic heterocycles. The van der Waals surface area contributed by atoms with Gasteiger partial charge in [-0.3, -0.25) is 4.79 Å². The Morgan fingerprint density at radius 3 is 2.83 bits per heavy atom. The quantitative estimate of drug-likeness (QED) is 0.480. The van der Waals surface area contributed by atoms with Gasteiger partial charge in [-0.1, -0.05) is 32.6 Å². The molecule has 68 valence electrons. The van der Waals surface area contributed by atoms with Gasteiger partial charge >= 0.3 is 0 Å².